The second-order valence-electron chi connectivity index (χ2n) is 8.97. The lowest BCUT2D eigenvalue weighted by Crippen LogP contribution is -2.62. The molecule has 3 aromatic rings. The van der Waals surface area contributed by atoms with Crippen LogP contribution in [0.4, 0.5) is 16.2 Å². The first-order chi connectivity index (χ1) is 17.2. The Balaban J connectivity index is 1.48. The van der Waals surface area contributed by atoms with E-state index in [-0.39, 0.29) is 22.4 Å². The minimum Gasteiger partial charge on any atom is -0.505 e. The molecule has 1 aromatic heterocycles. The van der Waals surface area contributed by atoms with Gasteiger partial charge < -0.3 is 33.2 Å². The standard InChI is InChI=1S/C25H24N2O9/c1-12-15(32-23-20-19(34-24(30)35-20)21(31-4)25(2,3)36-23)11-10-14-17(28)16(22(29)33-18(12)14)27-26-13-8-6-5-7-9-13/h5-11,19-21,23,28H,1-4H3/b27-26+/t19?,20-,21+,23?/m0/s1. The SMILES string of the molecule is CO[C@@H]1C2OC(=O)O[C@@H]2C(Oc2ccc3c(O)c(/N=N/c4ccccc4)c(=O)oc3c2C)OC1(C)C. The predicted octanol–water partition coefficient (Wildman–Crippen LogP) is 4.66. The van der Waals surface area contributed by atoms with Crippen LogP contribution < -0.4 is 10.4 Å². The number of hydrogen-bond acceptors (Lipinski definition) is 11. The van der Waals surface area contributed by atoms with Crippen LogP contribution >= 0.6 is 0 Å². The van der Waals surface area contributed by atoms with Crippen LogP contribution in [0.1, 0.15) is 19.4 Å². The fourth-order valence-electron chi connectivity index (χ4n) is 4.47. The third kappa shape index (κ3) is 4.06. The van der Waals surface area contributed by atoms with E-state index in [0.717, 1.165) is 0 Å². The highest BCUT2D eigenvalue weighted by Crippen LogP contribution is 2.41. The third-order valence-electron chi connectivity index (χ3n) is 6.20. The van der Waals surface area contributed by atoms with Gasteiger partial charge in [0.1, 0.15) is 17.4 Å². The van der Waals surface area contributed by atoms with E-state index in [0.29, 0.717) is 17.0 Å². The summed E-state index contributed by atoms with van der Waals surface area (Å²) < 4.78 is 33.7. The van der Waals surface area contributed by atoms with E-state index in [1.165, 1.54) is 13.2 Å². The van der Waals surface area contributed by atoms with E-state index in [2.05, 4.69) is 10.2 Å². The number of azo groups is 1. The Morgan fingerprint density at radius 3 is 2.44 bits per heavy atom. The van der Waals surface area contributed by atoms with Crippen molar-refractivity contribution < 1.29 is 38.0 Å². The monoisotopic (exact) mass is 496 g/mol. The molecule has 2 aliphatic rings. The van der Waals surface area contributed by atoms with Crippen molar-refractivity contribution in [3.8, 4) is 11.5 Å². The van der Waals surface area contributed by atoms with Crippen LogP contribution in [0.15, 0.2) is 61.9 Å². The van der Waals surface area contributed by atoms with Crippen molar-refractivity contribution in [2.24, 2.45) is 10.2 Å². The first-order valence-corrected chi connectivity index (χ1v) is 11.2. The number of aryl methyl sites for hydroxylation is 1. The molecule has 4 atom stereocenters. The van der Waals surface area contributed by atoms with E-state index >= 15 is 0 Å². The zero-order chi connectivity index (χ0) is 25.6. The Kier molecular flexibility index (Phi) is 5.89. The van der Waals surface area contributed by atoms with Gasteiger partial charge in [0.05, 0.1) is 16.7 Å². The molecule has 2 aliphatic heterocycles. The number of hydrogen-bond donors (Lipinski definition) is 1. The molecule has 2 fully saturated rings. The average Bonchev–Trinajstić information content (AvgIpc) is 3.22. The van der Waals surface area contributed by atoms with E-state index in [9.17, 15) is 14.7 Å². The molecular formula is C25H24N2O9. The van der Waals surface area contributed by atoms with Crippen molar-refractivity contribution in [3.05, 3.63) is 58.4 Å². The zero-order valence-electron chi connectivity index (χ0n) is 20.0. The van der Waals surface area contributed by atoms with Gasteiger partial charge in [-0.1, -0.05) is 18.2 Å². The van der Waals surface area contributed by atoms with Crippen LogP contribution in [0.25, 0.3) is 11.0 Å². The van der Waals surface area contributed by atoms with Gasteiger partial charge in [-0.15, -0.1) is 5.11 Å². The highest BCUT2D eigenvalue weighted by molar-refractivity contribution is 5.90. The van der Waals surface area contributed by atoms with Crippen molar-refractivity contribution in [3.63, 3.8) is 0 Å². The predicted molar refractivity (Wildman–Crippen MR) is 125 cm³/mol. The van der Waals surface area contributed by atoms with E-state index < -0.39 is 42.0 Å². The van der Waals surface area contributed by atoms with E-state index in [4.69, 9.17) is 28.1 Å². The van der Waals surface area contributed by atoms with Gasteiger partial charge in [0.25, 0.3) is 0 Å². The lowest BCUT2D eigenvalue weighted by atomic mass is 9.89. The van der Waals surface area contributed by atoms with Gasteiger partial charge in [0.15, 0.2) is 11.9 Å². The molecule has 0 aliphatic carbocycles. The highest BCUT2D eigenvalue weighted by Gasteiger charge is 2.59. The lowest BCUT2D eigenvalue weighted by molar-refractivity contribution is -0.282. The number of aromatic hydroxyl groups is 1. The molecule has 0 radical (unpaired) electrons. The van der Waals surface area contributed by atoms with Crippen molar-refractivity contribution in [2.45, 2.75) is 51.0 Å². The number of ether oxygens (including phenoxy) is 5. The molecule has 188 valence electrons. The molecular weight excluding hydrogens is 472 g/mol. The zero-order valence-corrected chi connectivity index (χ0v) is 20.0. The third-order valence-corrected chi connectivity index (χ3v) is 6.20. The van der Waals surface area contributed by atoms with Gasteiger partial charge in [-0.2, -0.15) is 5.11 Å². The summed E-state index contributed by atoms with van der Waals surface area (Å²) in [6, 6.07) is 11.9. The molecule has 1 N–H and O–H groups in total. The molecule has 3 heterocycles. The van der Waals surface area contributed by atoms with Crippen LogP contribution in [0.5, 0.6) is 11.5 Å². The number of carbonyl (C=O) groups excluding carboxylic acids is 1. The highest BCUT2D eigenvalue weighted by atomic mass is 16.8. The van der Waals surface area contributed by atoms with E-state index in [1.807, 2.05) is 6.07 Å². The summed E-state index contributed by atoms with van der Waals surface area (Å²) in [4.78, 5) is 24.5. The molecule has 2 aromatic carbocycles. The topological polar surface area (TPSA) is 138 Å². The Morgan fingerprint density at radius 1 is 1.00 bits per heavy atom. The molecule has 11 heteroatoms. The lowest BCUT2D eigenvalue weighted by Gasteiger charge is -2.45. The minimum atomic E-state index is -1.03. The summed E-state index contributed by atoms with van der Waals surface area (Å²) in [6.07, 6.45) is -4.07. The Morgan fingerprint density at radius 2 is 1.72 bits per heavy atom. The number of carbonyl (C=O) groups is 1. The van der Waals surface area contributed by atoms with Crippen molar-refractivity contribution in [1.29, 1.82) is 0 Å². The van der Waals surface area contributed by atoms with Crippen molar-refractivity contribution in [2.75, 3.05) is 7.11 Å². The van der Waals surface area contributed by atoms with Gasteiger partial charge in [-0.05, 0) is 45.0 Å². The van der Waals surface area contributed by atoms with Crippen LogP contribution in [0.2, 0.25) is 0 Å². The fourth-order valence-corrected chi connectivity index (χ4v) is 4.47. The van der Waals surface area contributed by atoms with Gasteiger partial charge in [-0.3, -0.25) is 0 Å². The first kappa shape index (κ1) is 23.8. The summed E-state index contributed by atoms with van der Waals surface area (Å²) in [5.74, 6) is -0.0752. The summed E-state index contributed by atoms with van der Waals surface area (Å²) in [5.41, 5.74) is -1.02. The first-order valence-electron chi connectivity index (χ1n) is 11.2. The van der Waals surface area contributed by atoms with Crippen molar-refractivity contribution in [1.82, 2.24) is 0 Å². The molecule has 0 spiro atoms. The molecule has 5 rings (SSSR count). The maximum atomic E-state index is 12.6. The van der Waals surface area contributed by atoms with E-state index in [1.54, 1.807) is 51.1 Å². The van der Waals surface area contributed by atoms with Crippen molar-refractivity contribution >= 4 is 28.5 Å². The molecule has 2 unspecified atom stereocenters. The second kappa shape index (κ2) is 8.92. The molecule has 0 bridgehead atoms. The molecule has 0 saturated carbocycles. The van der Waals surface area contributed by atoms with Crippen LogP contribution in [0, 0.1) is 6.92 Å². The maximum Gasteiger partial charge on any atom is 0.509 e. The molecule has 11 nitrogen and oxygen atoms in total. The van der Waals surface area contributed by atoms with Gasteiger partial charge in [0, 0.05) is 12.7 Å². The molecule has 36 heavy (non-hydrogen) atoms. The number of nitrogens with zero attached hydrogens (tertiary/aromatic N) is 2. The van der Waals surface area contributed by atoms with Gasteiger partial charge in [-0.25, -0.2) is 9.59 Å². The molecule has 2 saturated heterocycles. The Bertz CT molecular complexity index is 1400. The summed E-state index contributed by atoms with van der Waals surface area (Å²) in [7, 11) is 1.50. The van der Waals surface area contributed by atoms with Crippen LogP contribution in [0.3, 0.4) is 0 Å². The fraction of sp³-hybridized carbons (Fsp3) is 0.360. The number of benzene rings is 2. The normalized spacial score (nSPS) is 24.9. The quantitative estimate of drug-likeness (QED) is 0.304. The number of fused-ring (bicyclic) bond motifs is 2. The summed E-state index contributed by atoms with van der Waals surface area (Å²) in [5, 5.41) is 18.9. The summed E-state index contributed by atoms with van der Waals surface area (Å²) in [6.45, 7) is 5.23. The minimum absolute atomic E-state index is 0.106. The van der Waals surface area contributed by atoms with Crippen LogP contribution in [-0.4, -0.2) is 48.6 Å². The van der Waals surface area contributed by atoms with Gasteiger partial charge in [0.2, 0.25) is 18.1 Å². The Hall–Kier alpha value is -3.96. The smallest absolute Gasteiger partial charge is 0.505 e. The number of rotatable bonds is 5. The Labute approximate surface area is 205 Å². The molecule has 0 amide bonds. The summed E-state index contributed by atoms with van der Waals surface area (Å²) >= 11 is 0. The van der Waals surface area contributed by atoms with Crippen LogP contribution in [-0.2, 0) is 18.9 Å². The number of methoxy groups -OCH3 is 1. The second-order valence-corrected chi connectivity index (χ2v) is 8.97. The largest absolute Gasteiger partial charge is 0.509 e. The maximum absolute atomic E-state index is 12.6. The van der Waals surface area contributed by atoms with Gasteiger partial charge >= 0.3 is 11.8 Å². The average molecular weight is 496 g/mol.